The normalized spacial score (nSPS) is 15.6. The zero-order valence-electron chi connectivity index (χ0n) is 20.2. The second-order valence-electron chi connectivity index (χ2n) is 9.37. The van der Waals surface area contributed by atoms with Crippen LogP contribution in [0.3, 0.4) is 0 Å². The average Bonchev–Trinajstić information content (AvgIpc) is 2.91. The van der Waals surface area contributed by atoms with E-state index in [1.165, 1.54) is 11.1 Å². The van der Waals surface area contributed by atoms with E-state index in [1.807, 2.05) is 48.5 Å². The smallest absolute Gasteiger partial charge is 0.335 e. The fourth-order valence-corrected chi connectivity index (χ4v) is 4.99. The molecule has 0 aromatic heterocycles. The molecule has 5 nitrogen and oxygen atoms in total. The average molecular weight is 514 g/mol. The fourth-order valence-electron chi connectivity index (χ4n) is 4.79. The minimum atomic E-state index is -0.949. The summed E-state index contributed by atoms with van der Waals surface area (Å²) in [4.78, 5) is 11.3. The second kappa shape index (κ2) is 11.2. The van der Waals surface area contributed by atoms with E-state index in [9.17, 15) is 15.0 Å². The van der Waals surface area contributed by atoms with Crippen molar-refractivity contribution in [3.63, 3.8) is 0 Å². The van der Waals surface area contributed by atoms with Crippen LogP contribution < -0.4 is 10.1 Å². The number of benzene rings is 4. The van der Waals surface area contributed by atoms with Crippen molar-refractivity contribution in [3.8, 4) is 22.6 Å². The number of carboxylic acids is 1. The van der Waals surface area contributed by atoms with E-state index in [0.717, 1.165) is 41.7 Å². The van der Waals surface area contributed by atoms with Gasteiger partial charge in [-0.3, -0.25) is 0 Å². The summed E-state index contributed by atoms with van der Waals surface area (Å²) in [6.07, 6.45) is 2.22. The predicted molar refractivity (Wildman–Crippen MR) is 146 cm³/mol. The van der Waals surface area contributed by atoms with Crippen molar-refractivity contribution in [2.75, 3.05) is 6.54 Å². The van der Waals surface area contributed by atoms with Gasteiger partial charge in [-0.15, -0.1) is 0 Å². The van der Waals surface area contributed by atoms with E-state index in [4.69, 9.17) is 16.3 Å². The lowest BCUT2D eigenvalue weighted by molar-refractivity contribution is 0.0697. The van der Waals surface area contributed by atoms with Crippen LogP contribution in [0.15, 0.2) is 91.0 Å². The number of carboxylic acid groups (broad SMARTS) is 1. The summed E-state index contributed by atoms with van der Waals surface area (Å²) in [5, 5.41) is 24.0. The van der Waals surface area contributed by atoms with Crippen molar-refractivity contribution < 1.29 is 19.7 Å². The van der Waals surface area contributed by atoms with E-state index >= 15 is 0 Å². The number of aryl methyl sites for hydroxylation is 1. The topological polar surface area (TPSA) is 78.8 Å². The third kappa shape index (κ3) is 6.20. The maximum absolute atomic E-state index is 11.3. The van der Waals surface area contributed by atoms with Crippen LogP contribution in [-0.2, 0) is 12.8 Å². The molecule has 1 aliphatic rings. The fraction of sp³-hybridized carbons (Fsp3) is 0.194. The summed E-state index contributed by atoms with van der Waals surface area (Å²) in [5.74, 6) is 0.498. The molecule has 0 bridgehead atoms. The first-order chi connectivity index (χ1) is 17.9. The lowest BCUT2D eigenvalue weighted by Gasteiger charge is -2.27. The largest absolute Gasteiger partial charge is 0.478 e. The van der Waals surface area contributed by atoms with E-state index in [1.54, 1.807) is 30.3 Å². The second-order valence-corrected chi connectivity index (χ2v) is 9.80. The van der Waals surface area contributed by atoms with Gasteiger partial charge in [-0.1, -0.05) is 54.1 Å². The molecule has 0 radical (unpaired) electrons. The SMILES string of the molecule is O=C(O)c1cccc(-c2cccc(Oc3ccc4c(c3)C[C@@H](NC[C@@H](O)c3cccc(Cl)c3)CC4)c2)c1. The first kappa shape index (κ1) is 25.0. The maximum atomic E-state index is 11.3. The molecule has 0 aliphatic heterocycles. The number of aliphatic hydroxyl groups is 1. The Labute approximate surface area is 221 Å². The minimum Gasteiger partial charge on any atom is -0.478 e. The highest BCUT2D eigenvalue weighted by molar-refractivity contribution is 6.30. The number of nitrogens with one attached hydrogen (secondary N) is 1. The van der Waals surface area contributed by atoms with Crippen LogP contribution in [0, 0.1) is 0 Å². The summed E-state index contributed by atoms with van der Waals surface area (Å²) in [5.41, 5.74) is 5.33. The standard InChI is InChI=1S/C31H28ClNO4/c32-26-8-2-6-23(15-26)30(34)19-33-27-12-10-20-11-13-29(18-25(20)16-27)37-28-9-3-5-22(17-28)21-4-1-7-24(14-21)31(35)36/h1-9,11,13-15,17-18,27,30,33-34H,10,12,16,19H2,(H,35,36)/t27-,30+/m0/s1. The van der Waals surface area contributed by atoms with Crippen molar-refractivity contribution in [2.45, 2.75) is 31.4 Å². The molecule has 188 valence electrons. The van der Waals surface area contributed by atoms with Gasteiger partial charge in [-0.05, 0) is 95.6 Å². The van der Waals surface area contributed by atoms with E-state index in [2.05, 4.69) is 17.4 Å². The van der Waals surface area contributed by atoms with Crippen LogP contribution >= 0.6 is 11.6 Å². The Balaban J connectivity index is 1.25. The van der Waals surface area contributed by atoms with Gasteiger partial charge in [0.05, 0.1) is 11.7 Å². The van der Waals surface area contributed by atoms with Crippen molar-refractivity contribution in [2.24, 2.45) is 0 Å². The summed E-state index contributed by atoms with van der Waals surface area (Å²) < 4.78 is 6.20. The molecule has 37 heavy (non-hydrogen) atoms. The molecule has 2 atom stereocenters. The van der Waals surface area contributed by atoms with Gasteiger partial charge in [-0.2, -0.15) is 0 Å². The number of ether oxygens (including phenoxy) is 1. The van der Waals surface area contributed by atoms with Crippen LogP contribution in [0.1, 0.15) is 39.6 Å². The van der Waals surface area contributed by atoms with Gasteiger partial charge in [0.1, 0.15) is 11.5 Å². The number of aromatic carboxylic acids is 1. The van der Waals surface area contributed by atoms with Crippen LogP contribution in [-0.4, -0.2) is 28.8 Å². The predicted octanol–water partition coefficient (Wildman–Crippen LogP) is 6.68. The Morgan fingerprint density at radius 3 is 2.49 bits per heavy atom. The molecule has 6 heteroatoms. The van der Waals surface area contributed by atoms with Gasteiger partial charge in [0, 0.05) is 17.6 Å². The first-order valence-corrected chi connectivity index (χ1v) is 12.7. The first-order valence-electron chi connectivity index (χ1n) is 12.3. The third-order valence-corrected chi connectivity index (χ3v) is 6.99. The summed E-state index contributed by atoms with van der Waals surface area (Å²) in [6, 6.07) is 28.3. The van der Waals surface area contributed by atoms with Crippen molar-refractivity contribution in [1.82, 2.24) is 5.32 Å². The molecule has 0 unspecified atom stereocenters. The third-order valence-electron chi connectivity index (χ3n) is 6.75. The molecular weight excluding hydrogens is 486 g/mol. The highest BCUT2D eigenvalue weighted by Crippen LogP contribution is 2.31. The Kier molecular flexibility index (Phi) is 7.56. The Morgan fingerprint density at radius 2 is 1.68 bits per heavy atom. The number of rotatable bonds is 8. The lowest BCUT2D eigenvalue weighted by atomic mass is 9.88. The Bertz CT molecular complexity index is 1420. The number of hydrogen-bond donors (Lipinski definition) is 3. The summed E-state index contributed by atoms with van der Waals surface area (Å²) in [7, 11) is 0. The Morgan fingerprint density at radius 1 is 0.919 bits per heavy atom. The van der Waals surface area contributed by atoms with Crippen molar-refractivity contribution in [3.05, 3.63) is 118 Å². The highest BCUT2D eigenvalue weighted by Gasteiger charge is 2.20. The lowest BCUT2D eigenvalue weighted by Crippen LogP contribution is -2.37. The van der Waals surface area contributed by atoms with Gasteiger partial charge in [0.2, 0.25) is 0 Å². The molecule has 0 amide bonds. The number of fused-ring (bicyclic) bond motifs is 1. The molecular formula is C31H28ClNO4. The quantitative estimate of drug-likeness (QED) is 0.245. The van der Waals surface area contributed by atoms with Gasteiger partial charge >= 0.3 is 5.97 Å². The van der Waals surface area contributed by atoms with Gasteiger partial charge < -0.3 is 20.3 Å². The number of carbonyl (C=O) groups is 1. The molecule has 0 spiro atoms. The van der Waals surface area contributed by atoms with E-state index < -0.39 is 12.1 Å². The molecule has 4 aromatic carbocycles. The minimum absolute atomic E-state index is 0.252. The highest BCUT2D eigenvalue weighted by atomic mass is 35.5. The number of aliphatic hydroxyl groups excluding tert-OH is 1. The van der Waals surface area contributed by atoms with Gasteiger partial charge in [0.15, 0.2) is 0 Å². The maximum Gasteiger partial charge on any atom is 0.335 e. The molecule has 1 aliphatic carbocycles. The monoisotopic (exact) mass is 513 g/mol. The molecule has 0 saturated heterocycles. The summed E-state index contributed by atoms with van der Waals surface area (Å²) >= 11 is 6.06. The zero-order chi connectivity index (χ0) is 25.8. The van der Waals surface area contributed by atoms with E-state index in [-0.39, 0.29) is 11.6 Å². The number of halogens is 1. The summed E-state index contributed by atoms with van der Waals surface area (Å²) in [6.45, 7) is 0.465. The van der Waals surface area contributed by atoms with Gasteiger partial charge in [0.25, 0.3) is 0 Å². The van der Waals surface area contributed by atoms with Gasteiger partial charge in [-0.25, -0.2) is 4.79 Å². The van der Waals surface area contributed by atoms with Crippen LogP contribution in [0.4, 0.5) is 0 Å². The Hall–Kier alpha value is -3.64. The molecule has 3 N–H and O–H groups in total. The molecule has 5 rings (SSSR count). The van der Waals surface area contributed by atoms with Crippen LogP contribution in [0.5, 0.6) is 11.5 Å². The van der Waals surface area contributed by atoms with Crippen LogP contribution in [0.25, 0.3) is 11.1 Å². The van der Waals surface area contributed by atoms with Crippen molar-refractivity contribution in [1.29, 1.82) is 0 Å². The molecule has 4 aromatic rings. The molecule has 0 saturated carbocycles. The van der Waals surface area contributed by atoms with E-state index in [0.29, 0.717) is 17.3 Å². The number of hydrogen-bond acceptors (Lipinski definition) is 4. The van der Waals surface area contributed by atoms with Crippen molar-refractivity contribution >= 4 is 17.6 Å². The molecule has 0 fully saturated rings. The zero-order valence-corrected chi connectivity index (χ0v) is 21.0. The molecule has 0 heterocycles. The van der Waals surface area contributed by atoms with Crippen LogP contribution in [0.2, 0.25) is 5.02 Å².